The van der Waals surface area contributed by atoms with Gasteiger partial charge in [0.15, 0.2) is 0 Å². The Kier molecular flexibility index (Phi) is 6.78. The Balaban J connectivity index is 1.72. The number of carbonyl (C=O) groups excluding carboxylic acids is 1. The molecule has 0 radical (unpaired) electrons. The normalized spacial score (nSPS) is 23.5. The smallest absolute Gasteiger partial charge is 0.263 e. The zero-order valence-corrected chi connectivity index (χ0v) is 17.5. The van der Waals surface area contributed by atoms with Gasteiger partial charge < -0.3 is 10.2 Å². The highest BCUT2D eigenvalue weighted by Crippen LogP contribution is 2.26. The minimum atomic E-state index is -0.266. The summed E-state index contributed by atoms with van der Waals surface area (Å²) in [6.45, 7) is 8.35. The van der Waals surface area contributed by atoms with Crippen molar-refractivity contribution in [1.82, 2.24) is 10.2 Å². The third-order valence-corrected chi connectivity index (χ3v) is 6.06. The van der Waals surface area contributed by atoms with E-state index < -0.39 is 0 Å². The molecule has 0 saturated carbocycles. The molecular formula is C24H33N3O. The molecule has 1 aromatic carbocycles. The number of fused-ring (bicyclic) bond motifs is 1. The largest absolute Gasteiger partial charge is 0.376 e. The Bertz CT molecular complexity index is 767. The van der Waals surface area contributed by atoms with E-state index in [9.17, 15) is 10.1 Å². The second-order valence-corrected chi connectivity index (χ2v) is 8.72. The van der Waals surface area contributed by atoms with E-state index in [1.165, 1.54) is 30.4 Å². The summed E-state index contributed by atoms with van der Waals surface area (Å²) in [5, 5.41) is 12.7. The second kappa shape index (κ2) is 9.28. The van der Waals surface area contributed by atoms with E-state index in [-0.39, 0.29) is 17.5 Å². The number of hydrogen-bond donors (Lipinski definition) is 1. The first kappa shape index (κ1) is 20.5. The Morgan fingerprint density at radius 3 is 2.57 bits per heavy atom. The van der Waals surface area contributed by atoms with Crippen LogP contribution in [0, 0.1) is 23.2 Å². The Morgan fingerprint density at radius 1 is 1.25 bits per heavy atom. The minimum Gasteiger partial charge on any atom is -0.376 e. The maximum Gasteiger partial charge on any atom is 0.263 e. The molecule has 0 aromatic heterocycles. The van der Waals surface area contributed by atoms with Gasteiger partial charge in [0.05, 0.1) is 6.04 Å². The van der Waals surface area contributed by atoms with Gasteiger partial charge in [-0.1, -0.05) is 39.0 Å². The summed E-state index contributed by atoms with van der Waals surface area (Å²) in [4.78, 5) is 14.9. The van der Waals surface area contributed by atoms with Gasteiger partial charge in [-0.25, -0.2) is 0 Å². The highest BCUT2D eigenvalue weighted by atomic mass is 16.1. The SMILES string of the molecule is CCC(NC(=O)/C(C#N)=C\N1CC(C)CC(C)C1)c1ccc2c(c1)CCCC2. The van der Waals surface area contributed by atoms with Gasteiger partial charge in [-0.3, -0.25) is 4.79 Å². The fraction of sp³-hybridized carbons (Fsp3) is 0.583. The first-order chi connectivity index (χ1) is 13.5. The van der Waals surface area contributed by atoms with Gasteiger partial charge in [0.2, 0.25) is 0 Å². The van der Waals surface area contributed by atoms with Gasteiger partial charge >= 0.3 is 0 Å². The molecule has 1 aromatic rings. The number of nitrogens with one attached hydrogen (secondary N) is 1. The minimum absolute atomic E-state index is 0.0596. The first-order valence-corrected chi connectivity index (χ1v) is 10.8. The van der Waals surface area contributed by atoms with Gasteiger partial charge in [0.25, 0.3) is 5.91 Å². The first-order valence-electron chi connectivity index (χ1n) is 10.8. The number of rotatable bonds is 5. The Morgan fingerprint density at radius 2 is 1.93 bits per heavy atom. The van der Waals surface area contributed by atoms with Crippen LogP contribution < -0.4 is 5.32 Å². The molecule has 1 heterocycles. The molecule has 3 unspecified atom stereocenters. The fourth-order valence-electron chi connectivity index (χ4n) is 4.76. The molecule has 3 rings (SSSR count). The second-order valence-electron chi connectivity index (χ2n) is 8.72. The molecular weight excluding hydrogens is 346 g/mol. The zero-order valence-electron chi connectivity index (χ0n) is 17.5. The van der Waals surface area contributed by atoms with E-state index in [1.807, 2.05) is 0 Å². The lowest BCUT2D eigenvalue weighted by Crippen LogP contribution is -2.36. The van der Waals surface area contributed by atoms with Crippen LogP contribution in [0.3, 0.4) is 0 Å². The number of aryl methyl sites for hydroxylation is 2. The van der Waals surface area contributed by atoms with Crippen molar-refractivity contribution in [3.05, 3.63) is 46.7 Å². The van der Waals surface area contributed by atoms with Crippen LogP contribution >= 0.6 is 0 Å². The predicted octanol–water partition coefficient (Wildman–Crippen LogP) is 4.52. The predicted molar refractivity (Wildman–Crippen MR) is 112 cm³/mol. The van der Waals surface area contributed by atoms with Crippen molar-refractivity contribution < 1.29 is 4.79 Å². The summed E-state index contributed by atoms with van der Waals surface area (Å²) in [5.41, 5.74) is 4.22. The molecule has 1 aliphatic heterocycles. The summed E-state index contributed by atoms with van der Waals surface area (Å²) in [5.74, 6) is 0.904. The van der Waals surface area contributed by atoms with E-state index in [0.29, 0.717) is 11.8 Å². The highest BCUT2D eigenvalue weighted by molar-refractivity contribution is 5.97. The molecule has 150 valence electrons. The molecule has 4 nitrogen and oxygen atoms in total. The molecule has 28 heavy (non-hydrogen) atoms. The molecule has 1 fully saturated rings. The molecule has 1 N–H and O–H groups in total. The Labute approximate surface area is 169 Å². The van der Waals surface area contributed by atoms with E-state index in [2.05, 4.69) is 55.3 Å². The topological polar surface area (TPSA) is 56.1 Å². The van der Waals surface area contributed by atoms with Crippen LogP contribution in [0.15, 0.2) is 30.0 Å². The van der Waals surface area contributed by atoms with E-state index >= 15 is 0 Å². The molecule has 1 amide bonds. The summed E-state index contributed by atoms with van der Waals surface area (Å²) in [6.07, 6.45) is 8.57. The van der Waals surface area contributed by atoms with Crippen LogP contribution in [0.5, 0.6) is 0 Å². The maximum atomic E-state index is 12.8. The highest BCUT2D eigenvalue weighted by Gasteiger charge is 2.23. The summed E-state index contributed by atoms with van der Waals surface area (Å²) >= 11 is 0. The van der Waals surface area contributed by atoms with Crippen molar-refractivity contribution in [2.45, 2.75) is 65.3 Å². The molecule has 0 bridgehead atoms. The van der Waals surface area contributed by atoms with Crippen molar-refractivity contribution in [3.8, 4) is 6.07 Å². The average molecular weight is 380 g/mol. The average Bonchev–Trinajstić information content (AvgIpc) is 2.69. The summed E-state index contributed by atoms with van der Waals surface area (Å²) in [6, 6.07) is 8.67. The van der Waals surface area contributed by atoms with E-state index in [0.717, 1.165) is 37.9 Å². The number of carbonyl (C=O) groups is 1. The van der Waals surface area contributed by atoms with Crippen molar-refractivity contribution in [2.24, 2.45) is 11.8 Å². The molecule has 2 aliphatic rings. The number of piperidine rings is 1. The van der Waals surface area contributed by atoms with Crippen LogP contribution in [0.4, 0.5) is 0 Å². The quantitative estimate of drug-likeness (QED) is 0.604. The van der Waals surface area contributed by atoms with E-state index in [1.54, 1.807) is 6.20 Å². The molecule has 0 spiro atoms. The monoisotopic (exact) mass is 379 g/mol. The van der Waals surface area contributed by atoms with Crippen molar-refractivity contribution >= 4 is 5.91 Å². The molecule has 4 heteroatoms. The van der Waals surface area contributed by atoms with E-state index in [4.69, 9.17) is 0 Å². The lowest BCUT2D eigenvalue weighted by molar-refractivity contribution is -0.118. The summed E-state index contributed by atoms with van der Waals surface area (Å²) in [7, 11) is 0. The summed E-state index contributed by atoms with van der Waals surface area (Å²) < 4.78 is 0. The number of likely N-dealkylation sites (tertiary alicyclic amines) is 1. The van der Waals surface area contributed by atoms with Gasteiger partial charge in [-0.2, -0.15) is 5.26 Å². The Hall–Kier alpha value is -2.28. The molecule has 1 saturated heterocycles. The third kappa shape index (κ3) is 4.95. The van der Waals surface area contributed by atoms with Crippen LogP contribution in [0.1, 0.15) is 69.2 Å². The third-order valence-electron chi connectivity index (χ3n) is 6.06. The van der Waals surface area contributed by atoms with Crippen molar-refractivity contribution in [3.63, 3.8) is 0 Å². The lowest BCUT2D eigenvalue weighted by Gasteiger charge is -2.34. The molecule has 1 aliphatic carbocycles. The van der Waals surface area contributed by atoms with Crippen LogP contribution in [-0.2, 0) is 17.6 Å². The van der Waals surface area contributed by atoms with Gasteiger partial charge in [-0.15, -0.1) is 0 Å². The number of nitrogens with zero attached hydrogens (tertiary/aromatic N) is 2. The fourth-order valence-corrected chi connectivity index (χ4v) is 4.76. The number of nitriles is 1. The number of amides is 1. The van der Waals surface area contributed by atoms with Crippen LogP contribution in [-0.4, -0.2) is 23.9 Å². The van der Waals surface area contributed by atoms with Crippen LogP contribution in [0.25, 0.3) is 0 Å². The van der Waals surface area contributed by atoms with Crippen molar-refractivity contribution in [2.75, 3.05) is 13.1 Å². The maximum absolute atomic E-state index is 12.8. The number of benzene rings is 1. The van der Waals surface area contributed by atoms with Gasteiger partial charge in [-0.05, 0) is 67.1 Å². The lowest BCUT2D eigenvalue weighted by atomic mass is 9.88. The van der Waals surface area contributed by atoms with Gasteiger partial charge in [0.1, 0.15) is 11.6 Å². The van der Waals surface area contributed by atoms with Gasteiger partial charge in [0, 0.05) is 19.3 Å². The van der Waals surface area contributed by atoms with Crippen molar-refractivity contribution in [1.29, 1.82) is 5.26 Å². The standard InChI is InChI=1S/C24H33N3O/c1-4-23(21-10-9-19-7-5-6-8-20(19)12-21)26-24(28)22(13-25)16-27-14-17(2)11-18(3)15-27/h9-10,12,16-18,23H,4-8,11,14-15H2,1-3H3,(H,26,28)/b22-16-. The number of hydrogen-bond acceptors (Lipinski definition) is 3. The zero-order chi connectivity index (χ0) is 20.1. The molecule has 3 atom stereocenters. The van der Waals surface area contributed by atoms with Crippen LogP contribution in [0.2, 0.25) is 0 Å².